The van der Waals surface area contributed by atoms with Crippen molar-refractivity contribution in [3.05, 3.63) is 0 Å². The molecule has 0 bridgehead atoms. The lowest BCUT2D eigenvalue weighted by Gasteiger charge is -2.11. The maximum atomic E-state index is 12.8. The summed E-state index contributed by atoms with van der Waals surface area (Å²) in [5, 5.41) is -4.27. The predicted molar refractivity (Wildman–Crippen MR) is 46.4 cm³/mol. The minimum Gasteiger partial charge on any atom is -0.222 e. The Hall–Kier alpha value is -0.190. The summed E-state index contributed by atoms with van der Waals surface area (Å²) in [6.07, 6.45) is 1.56. The third kappa shape index (κ3) is 1.85. The maximum absolute atomic E-state index is 12.8. The Morgan fingerprint density at radius 2 is 2.08 bits per heavy atom. The number of rotatable bonds is 3. The molecule has 1 saturated heterocycles. The molecule has 0 aromatic heterocycles. The number of alkyl halides is 2. The zero-order chi connectivity index (χ0) is 10.1. The molecule has 0 aliphatic carbocycles. The number of sulfone groups is 1. The molecule has 0 radical (unpaired) electrons. The monoisotopic (exact) mass is 212 g/mol. The van der Waals surface area contributed by atoms with Gasteiger partial charge in [-0.2, -0.15) is 8.78 Å². The second-order valence-electron chi connectivity index (χ2n) is 3.49. The average molecular weight is 212 g/mol. The minimum atomic E-state index is -4.17. The fraction of sp³-hybridized carbons (Fsp3) is 1.00. The van der Waals surface area contributed by atoms with Gasteiger partial charge in [0.05, 0.1) is 5.25 Å². The van der Waals surface area contributed by atoms with Gasteiger partial charge in [-0.05, 0) is 12.8 Å². The summed E-state index contributed by atoms with van der Waals surface area (Å²) in [5.41, 5.74) is 0. The second-order valence-corrected chi connectivity index (χ2v) is 5.84. The first-order valence-electron chi connectivity index (χ1n) is 4.53. The molecule has 1 unspecified atom stereocenters. The van der Waals surface area contributed by atoms with Crippen LogP contribution < -0.4 is 0 Å². The molecular formula is C8H14F2O2S. The van der Waals surface area contributed by atoms with E-state index in [0.29, 0.717) is 12.8 Å². The Labute approximate surface area is 77.2 Å². The quantitative estimate of drug-likeness (QED) is 0.719. The van der Waals surface area contributed by atoms with E-state index in [4.69, 9.17) is 0 Å². The first-order valence-corrected chi connectivity index (χ1v) is 6.07. The molecule has 1 heterocycles. The third-order valence-electron chi connectivity index (χ3n) is 2.49. The van der Waals surface area contributed by atoms with E-state index in [1.54, 1.807) is 0 Å². The van der Waals surface area contributed by atoms with Crippen LogP contribution in [0.4, 0.5) is 8.78 Å². The van der Waals surface area contributed by atoms with Crippen molar-refractivity contribution < 1.29 is 17.2 Å². The Morgan fingerprint density at radius 3 is 2.46 bits per heavy atom. The van der Waals surface area contributed by atoms with Gasteiger partial charge < -0.3 is 0 Å². The van der Waals surface area contributed by atoms with Crippen LogP contribution in [-0.2, 0) is 9.84 Å². The normalized spacial score (nSPS) is 30.5. The summed E-state index contributed by atoms with van der Waals surface area (Å²) < 4.78 is 48.0. The molecule has 1 atom stereocenters. The van der Waals surface area contributed by atoms with Gasteiger partial charge in [0.15, 0.2) is 0 Å². The Bertz CT molecular complexity index is 272. The minimum absolute atomic E-state index is 0.120. The highest BCUT2D eigenvalue weighted by molar-refractivity contribution is 7.93. The summed E-state index contributed by atoms with van der Waals surface area (Å²) in [5.74, 6) is 0. The second kappa shape index (κ2) is 3.52. The van der Waals surface area contributed by atoms with Gasteiger partial charge in [0.1, 0.15) is 0 Å². The standard InChI is InChI=1S/C8H14F2O2S/c1-2-3-4-7-5-6-8(9,10)13(7,11)12/h7H,2-6H2,1H3. The molecule has 13 heavy (non-hydrogen) atoms. The van der Waals surface area contributed by atoms with Crippen molar-refractivity contribution in [2.24, 2.45) is 0 Å². The van der Waals surface area contributed by atoms with Crippen LogP contribution in [0.15, 0.2) is 0 Å². The molecule has 5 heteroatoms. The first kappa shape index (κ1) is 10.9. The van der Waals surface area contributed by atoms with Crippen molar-refractivity contribution in [2.45, 2.75) is 49.5 Å². The van der Waals surface area contributed by atoms with Crippen LogP contribution in [0.3, 0.4) is 0 Å². The molecular weight excluding hydrogens is 198 g/mol. The van der Waals surface area contributed by atoms with Gasteiger partial charge >= 0.3 is 5.25 Å². The molecule has 0 N–H and O–H groups in total. The molecule has 0 aromatic carbocycles. The van der Waals surface area contributed by atoms with Crippen LogP contribution >= 0.6 is 0 Å². The summed E-state index contributed by atoms with van der Waals surface area (Å²) in [7, 11) is -4.17. The van der Waals surface area contributed by atoms with Gasteiger partial charge in [0.2, 0.25) is 9.84 Å². The smallest absolute Gasteiger partial charge is 0.222 e. The lowest BCUT2D eigenvalue weighted by atomic mass is 10.1. The molecule has 78 valence electrons. The number of halogens is 2. The van der Waals surface area contributed by atoms with Crippen LogP contribution in [0.2, 0.25) is 0 Å². The van der Waals surface area contributed by atoms with Crippen LogP contribution in [-0.4, -0.2) is 18.9 Å². The highest BCUT2D eigenvalue weighted by Crippen LogP contribution is 2.41. The van der Waals surface area contributed by atoms with Crippen molar-refractivity contribution in [1.29, 1.82) is 0 Å². The summed E-state index contributed by atoms with van der Waals surface area (Å²) in [6, 6.07) is 0. The average Bonchev–Trinajstić information content (AvgIpc) is 2.21. The summed E-state index contributed by atoms with van der Waals surface area (Å²) >= 11 is 0. The Balaban J connectivity index is 2.72. The lowest BCUT2D eigenvalue weighted by molar-refractivity contribution is 0.0920. The molecule has 0 amide bonds. The Kier molecular flexibility index (Phi) is 2.95. The van der Waals surface area contributed by atoms with Crippen LogP contribution in [0.5, 0.6) is 0 Å². The number of unbranched alkanes of at least 4 members (excludes halogenated alkanes) is 1. The van der Waals surface area contributed by atoms with Gasteiger partial charge in [-0.25, -0.2) is 8.42 Å². The van der Waals surface area contributed by atoms with Gasteiger partial charge in [-0.1, -0.05) is 19.8 Å². The highest BCUT2D eigenvalue weighted by Gasteiger charge is 2.54. The van der Waals surface area contributed by atoms with Crippen LogP contribution in [0.25, 0.3) is 0 Å². The van der Waals surface area contributed by atoms with E-state index in [1.165, 1.54) is 0 Å². The van der Waals surface area contributed by atoms with Crippen LogP contribution in [0, 0.1) is 0 Å². The van der Waals surface area contributed by atoms with E-state index in [0.717, 1.165) is 6.42 Å². The van der Waals surface area contributed by atoms with E-state index >= 15 is 0 Å². The molecule has 1 fully saturated rings. The highest BCUT2D eigenvalue weighted by atomic mass is 32.2. The van der Waals surface area contributed by atoms with Crippen molar-refractivity contribution >= 4 is 9.84 Å². The van der Waals surface area contributed by atoms with Crippen molar-refractivity contribution in [3.8, 4) is 0 Å². The number of hydrogen-bond donors (Lipinski definition) is 0. The topological polar surface area (TPSA) is 34.1 Å². The molecule has 0 saturated carbocycles. The van der Waals surface area contributed by atoms with E-state index in [9.17, 15) is 17.2 Å². The van der Waals surface area contributed by atoms with Crippen molar-refractivity contribution in [2.75, 3.05) is 0 Å². The van der Waals surface area contributed by atoms with E-state index < -0.39 is 26.8 Å². The molecule has 0 aromatic rings. The first-order chi connectivity index (χ1) is 5.92. The molecule has 0 spiro atoms. The van der Waals surface area contributed by atoms with Crippen LogP contribution in [0.1, 0.15) is 39.0 Å². The van der Waals surface area contributed by atoms with Gasteiger partial charge in [-0.15, -0.1) is 0 Å². The zero-order valence-electron chi connectivity index (χ0n) is 7.59. The largest absolute Gasteiger partial charge is 0.345 e. The molecule has 2 nitrogen and oxygen atoms in total. The molecule has 1 aliphatic rings. The molecule has 1 aliphatic heterocycles. The fourth-order valence-electron chi connectivity index (χ4n) is 1.60. The van der Waals surface area contributed by atoms with Gasteiger partial charge in [0.25, 0.3) is 0 Å². The predicted octanol–water partition coefficient (Wildman–Crippen LogP) is 2.35. The zero-order valence-corrected chi connectivity index (χ0v) is 8.41. The van der Waals surface area contributed by atoms with E-state index in [2.05, 4.69) is 0 Å². The summed E-state index contributed by atoms with van der Waals surface area (Å²) in [6.45, 7) is 1.92. The van der Waals surface area contributed by atoms with Gasteiger partial charge in [-0.3, -0.25) is 0 Å². The SMILES string of the molecule is CCCCC1CCC(F)(F)S1(=O)=O. The number of hydrogen-bond acceptors (Lipinski definition) is 2. The van der Waals surface area contributed by atoms with E-state index in [1.807, 2.05) is 6.92 Å². The van der Waals surface area contributed by atoms with Crippen molar-refractivity contribution in [3.63, 3.8) is 0 Å². The van der Waals surface area contributed by atoms with Gasteiger partial charge in [0, 0.05) is 6.42 Å². The van der Waals surface area contributed by atoms with Crippen molar-refractivity contribution in [1.82, 2.24) is 0 Å². The molecule has 1 rings (SSSR count). The lowest BCUT2D eigenvalue weighted by Crippen LogP contribution is -2.28. The third-order valence-corrected chi connectivity index (χ3v) is 4.88. The van der Waals surface area contributed by atoms with E-state index in [-0.39, 0.29) is 6.42 Å². The maximum Gasteiger partial charge on any atom is 0.345 e. The summed E-state index contributed by atoms with van der Waals surface area (Å²) in [4.78, 5) is 0. The fourth-order valence-corrected chi connectivity index (χ4v) is 3.40. The Morgan fingerprint density at radius 1 is 1.46 bits per heavy atom.